The van der Waals surface area contributed by atoms with Crippen molar-refractivity contribution in [2.24, 2.45) is 0 Å². The van der Waals surface area contributed by atoms with E-state index in [9.17, 15) is 0 Å². The highest BCUT2D eigenvalue weighted by Gasteiger charge is 2.23. The van der Waals surface area contributed by atoms with E-state index in [1.54, 1.807) is 0 Å². The fourth-order valence-corrected chi connectivity index (χ4v) is 3.76. The van der Waals surface area contributed by atoms with Gasteiger partial charge in [-0.1, -0.05) is 6.07 Å². The summed E-state index contributed by atoms with van der Waals surface area (Å²) in [6.07, 6.45) is 1.30. The predicted molar refractivity (Wildman–Crippen MR) is 80.9 cm³/mol. The number of imidazole rings is 1. The van der Waals surface area contributed by atoms with Crippen LogP contribution in [-0.4, -0.2) is 27.2 Å². The maximum atomic E-state index is 6.12. The Labute approximate surface area is 117 Å². The smallest absolute Gasteiger partial charge is 0.201 e. The van der Waals surface area contributed by atoms with Crippen molar-refractivity contribution in [1.82, 2.24) is 9.55 Å². The number of benzene rings is 1. The summed E-state index contributed by atoms with van der Waals surface area (Å²) in [6.45, 7) is 4.04. The summed E-state index contributed by atoms with van der Waals surface area (Å²) in [5.74, 6) is 3.74. The zero-order valence-corrected chi connectivity index (χ0v) is 12.1. The monoisotopic (exact) mass is 277 g/mol. The van der Waals surface area contributed by atoms with Crippen molar-refractivity contribution in [2.75, 3.05) is 17.2 Å². The molecule has 1 aliphatic rings. The van der Waals surface area contributed by atoms with Gasteiger partial charge in [0.05, 0.1) is 11.6 Å². The van der Waals surface area contributed by atoms with Gasteiger partial charge in [-0.3, -0.25) is 0 Å². The number of thioether (sulfide) groups is 1. The van der Waals surface area contributed by atoms with E-state index in [4.69, 9.17) is 10.5 Å². The van der Waals surface area contributed by atoms with Gasteiger partial charge in [0, 0.05) is 11.8 Å². The predicted octanol–water partition coefficient (Wildman–Crippen LogP) is 3.08. The Bertz CT molecular complexity index is 588. The number of hydrogen-bond donors (Lipinski definition) is 1. The summed E-state index contributed by atoms with van der Waals surface area (Å²) in [7, 11) is 0. The van der Waals surface area contributed by atoms with E-state index >= 15 is 0 Å². The summed E-state index contributed by atoms with van der Waals surface area (Å²) in [5, 5.41) is 0. The number of ether oxygens (including phenoxy) is 1. The number of aromatic nitrogens is 2. The Morgan fingerprint density at radius 3 is 3.00 bits per heavy atom. The second kappa shape index (κ2) is 4.96. The van der Waals surface area contributed by atoms with E-state index in [1.165, 1.54) is 5.75 Å². The average Bonchev–Trinajstić information content (AvgIpc) is 2.95. The molecule has 1 aromatic carbocycles. The van der Waals surface area contributed by atoms with Crippen LogP contribution in [-0.2, 0) is 0 Å². The average molecular weight is 277 g/mol. The summed E-state index contributed by atoms with van der Waals surface area (Å²) in [5.41, 5.74) is 8.09. The molecule has 0 bridgehead atoms. The van der Waals surface area contributed by atoms with Gasteiger partial charge in [0.15, 0.2) is 0 Å². The van der Waals surface area contributed by atoms with E-state index in [2.05, 4.69) is 15.6 Å². The highest BCUT2D eigenvalue weighted by atomic mass is 32.2. The molecular weight excluding hydrogens is 258 g/mol. The number of para-hydroxylation sites is 1. The van der Waals surface area contributed by atoms with Crippen LogP contribution in [0.1, 0.15) is 26.3 Å². The Morgan fingerprint density at radius 1 is 1.47 bits per heavy atom. The van der Waals surface area contributed by atoms with Gasteiger partial charge in [0.1, 0.15) is 11.3 Å². The van der Waals surface area contributed by atoms with Crippen LogP contribution in [0, 0.1) is 0 Å². The molecule has 1 atom stereocenters. The molecule has 2 aromatic rings. The fourth-order valence-electron chi connectivity index (χ4n) is 2.57. The normalized spacial score (nSPS) is 19.4. The molecule has 5 heteroatoms. The first kappa shape index (κ1) is 12.7. The fraction of sp³-hybridized carbons (Fsp3) is 0.500. The van der Waals surface area contributed by atoms with Crippen LogP contribution in [0.3, 0.4) is 0 Å². The third kappa shape index (κ3) is 2.27. The molecule has 0 radical (unpaired) electrons. The number of hydrogen-bond acceptors (Lipinski definition) is 4. The van der Waals surface area contributed by atoms with Gasteiger partial charge in [-0.2, -0.15) is 11.8 Å². The van der Waals surface area contributed by atoms with Crippen molar-refractivity contribution in [3.8, 4) is 5.75 Å². The Hall–Kier alpha value is -1.36. The first-order valence-corrected chi connectivity index (χ1v) is 7.83. The molecule has 0 saturated carbocycles. The van der Waals surface area contributed by atoms with Gasteiger partial charge < -0.3 is 15.0 Å². The van der Waals surface area contributed by atoms with Gasteiger partial charge in [0.2, 0.25) is 5.95 Å². The van der Waals surface area contributed by atoms with Gasteiger partial charge in [0.25, 0.3) is 0 Å². The van der Waals surface area contributed by atoms with Crippen molar-refractivity contribution in [3.63, 3.8) is 0 Å². The van der Waals surface area contributed by atoms with Crippen LogP contribution in [0.25, 0.3) is 11.0 Å². The number of nitrogens with zero attached hydrogens (tertiary/aromatic N) is 2. The number of nitrogen functional groups attached to an aromatic ring is 1. The second-order valence-electron chi connectivity index (χ2n) is 5.15. The van der Waals surface area contributed by atoms with Crippen LogP contribution in [0.2, 0.25) is 0 Å². The summed E-state index contributed by atoms with van der Waals surface area (Å²) in [4.78, 5) is 4.52. The second-order valence-corrected chi connectivity index (χ2v) is 6.30. The molecule has 19 heavy (non-hydrogen) atoms. The van der Waals surface area contributed by atoms with Crippen LogP contribution in [0.4, 0.5) is 5.95 Å². The van der Waals surface area contributed by atoms with Crippen molar-refractivity contribution < 1.29 is 4.74 Å². The summed E-state index contributed by atoms with van der Waals surface area (Å²) in [6, 6.07) is 6.52. The van der Waals surface area contributed by atoms with E-state index in [1.807, 2.05) is 37.7 Å². The Kier molecular flexibility index (Phi) is 3.31. The quantitative estimate of drug-likeness (QED) is 0.936. The summed E-state index contributed by atoms with van der Waals surface area (Å²) >= 11 is 1.98. The molecular formula is C14H19N3OS. The molecule has 4 nitrogen and oxygen atoms in total. The lowest BCUT2D eigenvalue weighted by Crippen LogP contribution is -2.11. The molecule has 1 aliphatic heterocycles. The van der Waals surface area contributed by atoms with Crippen molar-refractivity contribution in [3.05, 3.63) is 18.2 Å². The Morgan fingerprint density at radius 2 is 2.32 bits per heavy atom. The van der Waals surface area contributed by atoms with Gasteiger partial charge in [-0.05, 0) is 38.2 Å². The zero-order valence-electron chi connectivity index (χ0n) is 11.3. The molecule has 1 saturated heterocycles. The molecule has 0 amide bonds. The Balaban J connectivity index is 2.11. The molecule has 1 fully saturated rings. The van der Waals surface area contributed by atoms with Crippen molar-refractivity contribution in [2.45, 2.75) is 32.4 Å². The van der Waals surface area contributed by atoms with Crippen molar-refractivity contribution in [1.29, 1.82) is 0 Å². The van der Waals surface area contributed by atoms with Gasteiger partial charge in [-0.25, -0.2) is 4.98 Å². The largest absolute Gasteiger partial charge is 0.489 e. The number of nitrogens with two attached hydrogens (primary N) is 1. The highest BCUT2D eigenvalue weighted by Crippen LogP contribution is 2.35. The molecule has 2 N–H and O–H groups in total. The van der Waals surface area contributed by atoms with Crippen LogP contribution < -0.4 is 10.5 Å². The van der Waals surface area contributed by atoms with Crippen LogP contribution in [0.15, 0.2) is 18.2 Å². The van der Waals surface area contributed by atoms with Crippen LogP contribution >= 0.6 is 11.8 Å². The lowest BCUT2D eigenvalue weighted by Gasteiger charge is -2.14. The molecule has 0 spiro atoms. The van der Waals surface area contributed by atoms with Crippen molar-refractivity contribution >= 4 is 28.7 Å². The summed E-state index contributed by atoms with van der Waals surface area (Å²) < 4.78 is 7.99. The molecule has 1 aromatic heterocycles. The molecule has 1 unspecified atom stereocenters. The van der Waals surface area contributed by atoms with Gasteiger partial charge >= 0.3 is 0 Å². The van der Waals surface area contributed by atoms with E-state index in [-0.39, 0.29) is 6.10 Å². The SMILES string of the molecule is CC(C)Oc1cccc2c1nc(N)n2C1CCSC1. The first-order valence-electron chi connectivity index (χ1n) is 6.67. The maximum absolute atomic E-state index is 6.12. The third-order valence-corrected chi connectivity index (χ3v) is 4.49. The molecule has 0 aliphatic carbocycles. The standard InChI is InChI=1S/C14H19N3OS/c1-9(2)18-12-5-3-4-11-13(12)16-14(15)17(11)10-6-7-19-8-10/h3-5,9-10H,6-8H2,1-2H3,(H2,15,16). The number of rotatable bonds is 3. The molecule has 2 heterocycles. The van der Waals surface area contributed by atoms with E-state index in [0.29, 0.717) is 12.0 Å². The highest BCUT2D eigenvalue weighted by molar-refractivity contribution is 7.99. The molecule has 3 rings (SSSR count). The minimum Gasteiger partial charge on any atom is -0.489 e. The number of fused-ring (bicyclic) bond motifs is 1. The first-order chi connectivity index (χ1) is 9.16. The third-order valence-electron chi connectivity index (χ3n) is 3.34. The van der Waals surface area contributed by atoms with Gasteiger partial charge in [-0.15, -0.1) is 0 Å². The maximum Gasteiger partial charge on any atom is 0.201 e. The minimum atomic E-state index is 0.138. The van der Waals surface area contributed by atoms with E-state index < -0.39 is 0 Å². The minimum absolute atomic E-state index is 0.138. The lowest BCUT2D eigenvalue weighted by molar-refractivity contribution is 0.245. The zero-order chi connectivity index (χ0) is 13.4. The van der Waals surface area contributed by atoms with E-state index in [0.717, 1.165) is 29.0 Å². The molecule has 102 valence electrons. The topological polar surface area (TPSA) is 53.1 Å². The van der Waals surface area contributed by atoms with Crippen LogP contribution in [0.5, 0.6) is 5.75 Å². The lowest BCUT2D eigenvalue weighted by atomic mass is 10.2. The number of anilines is 1.